The van der Waals surface area contributed by atoms with E-state index in [-0.39, 0.29) is 55.9 Å². The Bertz CT molecular complexity index is 2200. The standard InChI is InChI=1S/C48H66N4O10S/c1-6-32-28-48(32,45(56)50-63(57,58)47(5)17-18-47)29-39(53)38-26-33-30-52(38)44(55)36(46(2,3)4)27-41(54)62-40-25-31(40)13-8-7-9-15-35-42(60-22-12-19-51-20-23-59-24-21-51)34-14-10-11-16-37(34)49-43(35)61-33/h6,10-11,14,16,31-33,36,38,40H,1,7-9,12-13,15,17-30H2,2-5H3,(H,50,56)/t31-,32-,33-,36-,38+,40-,48-/m1/s1. The molecule has 2 amide bonds. The van der Waals surface area contributed by atoms with Gasteiger partial charge in [0.2, 0.25) is 27.7 Å². The molecule has 4 heterocycles. The van der Waals surface area contributed by atoms with Gasteiger partial charge in [-0.15, -0.1) is 6.58 Å². The van der Waals surface area contributed by atoms with Crippen molar-refractivity contribution in [2.24, 2.45) is 28.6 Å². The van der Waals surface area contributed by atoms with E-state index in [1.54, 1.807) is 13.0 Å². The Morgan fingerprint density at radius 3 is 2.54 bits per heavy atom. The van der Waals surface area contributed by atoms with Gasteiger partial charge in [0.05, 0.1) is 66.0 Å². The molecule has 5 fully saturated rings. The molecule has 2 aromatic rings. The number of aromatic nitrogens is 1. The number of sulfonamides is 1. The Morgan fingerprint density at radius 2 is 1.83 bits per heavy atom. The first-order valence-electron chi connectivity index (χ1n) is 23.2. The van der Waals surface area contributed by atoms with Crippen LogP contribution in [0.3, 0.4) is 0 Å². The molecule has 344 valence electrons. The lowest BCUT2D eigenvalue weighted by Gasteiger charge is -2.34. The molecule has 0 spiro atoms. The summed E-state index contributed by atoms with van der Waals surface area (Å²) >= 11 is 0. The number of esters is 1. The van der Waals surface area contributed by atoms with Crippen molar-refractivity contribution in [1.82, 2.24) is 19.5 Å². The smallest absolute Gasteiger partial charge is 0.306 e. The molecule has 3 saturated carbocycles. The summed E-state index contributed by atoms with van der Waals surface area (Å²) in [6.07, 6.45) is 7.63. The third-order valence-corrected chi connectivity index (χ3v) is 16.8. The number of fused-ring (bicyclic) bond motifs is 5. The summed E-state index contributed by atoms with van der Waals surface area (Å²) in [4.78, 5) is 66.2. The number of carbonyl (C=O) groups excluding carboxylic acids is 4. The maximum Gasteiger partial charge on any atom is 0.306 e. The summed E-state index contributed by atoms with van der Waals surface area (Å²) in [7, 11) is -3.97. The first kappa shape index (κ1) is 45.5. The van der Waals surface area contributed by atoms with Crippen LogP contribution in [0, 0.1) is 28.6 Å². The highest BCUT2D eigenvalue weighted by atomic mass is 32.2. The van der Waals surface area contributed by atoms with Crippen LogP contribution in [0.5, 0.6) is 11.6 Å². The average molecular weight is 891 g/mol. The number of ketones is 1. The van der Waals surface area contributed by atoms with Gasteiger partial charge < -0.3 is 23.8 Å². The molecular weight excluding hydrogens is 825 g/mol. The van der Waals surface area contributed by atoms with Gasteiger partial charge >= 0.3 is 5.97 Å². The Morgan fingerprint density at radius 1 is 1.06 bits per heavy atom. The predicted molar refractivity (Wildman–Crippen MR) is 236 cm³/mol. The molecule has 1 N–H and O–H groups in total. The summed E-state index contributed by atoms with van der Waals surface area (Å²) in [6, 6.07) is 6.85. The minimum atomic E-state index is -3.97. The number of hydrogen-bond donors (Lipinski definition) is 1. The van der Waals surface area contributed by atoms with Crippen molar-refractivity contribution in [3.05, 3.63) is 42.5 Å². The molecule has 1 aromatic heterocycles. The van der Waals surface area contributed by atoms with E-state index in [0.717, 1.165) is 88.1 Å². The second-order valence-corrected chi connectivity index (χ2v) is 22.6. The Balaban J connectivity index is 1.11. The molecule has 6 aliphatic rings. The topological polar surface area (TPSA) is 171 Å². The quantitative estimate of drug-likeness (QED) is 0.152. The SMILES string of the molecule is C=C[C@@H]1C[C@]1(CC(=O)[C@@H]1C[C@@H]2CN1C(=O)[C@H](C(C)(C)C)CC(=O)O[C@@H]1C[C@H]1CCCCCc1c(nc3ccccc3c1OCCCN1CCOCC1)O2)C(=O)NS(=O)(=O)C1(C)CC1. The number of hydrogen-bond acceptors (Lipinski definition) is 12. The predicted octanol–water partition coefficient (Wildman–Crippen LogP) is 5.93. The zero-order valence-corrected chi connectivity index (χ0v) is 38.3. The summed E-state index contributed by atoms with van der Waals surface area (Å²) < 4.78 is 52.8. The molecular formula is C48H66N4O10S. The normalized spacial score (nSPS) is 30.1. The van der Waals surface area contributed by atoms with Crippen LogP contribution in [-0.2, 0) is 45.1 Å². The van der Waals surface area contributed by atoms with Crippen LogP contribution in [0.25, 0.3) is 10.9 Å². The highest BCUT2D eigenvalue weighted by Gasteiger charge is 2.62. The number of nitrogens with zero attached hydrogens (tertiary/aromatic N) is 3. The molecule has 0 unspecified atom stereocenters. The van der Waals surface area contributed by atoms with Crippen molar-refractivity contribution < 1.29 is 46.5 Å². The Labute approximate surface area is 372 Å². The van der Waals surface area contributed by atoms with E-state index in [1.165, 1.54) is 4.90 Å². The minimum Gasteiger partial charge on any atom is -0.492 e. The van der Waals surface area contributed by atoms with Crippen LogP contribution in [0.15, 0.2) is 36.9 Å². The lowest BCUT2D eigenvalue weighted by Crippen LogP contribution is -2.49. The number of benzene rings is 1. The summed E-state index contributed by atoms with van der Waals surface area (Å²) in [5, 5.41) is 0.891. The first-order valence-corrected chi connectivity index (χ1v) is 24.7. The third kappa shape index (κ3) is 9.95. The number of carbonyl (C=O) groups is 4. The van der Waals surface area contributed by atoms with E-state index in [2.05, 4.69) is 16.2 Å². The monoisotopic (exact) mass is 890 g/mol. The fourth-order valence-electron chi connectivity index (χ4n) is 9.87. The number of nitrogens with one attached hydrogen (secondary N) is 1. The molecule has 7 atom stereocenters. The largest absolute Gasteiger partial charge is 0.492 e. The fourth-order valence-corrected chi connectivity index (χ4v) is 11.2. The van der Waals surface area contributed by atoms with Crippen LogP contribution in [0.1, 0.15) is 110 Å². The molecule has 63 heavy (non-hydrogen) atoms. The molecule has 1 aromatic carbocycles. The van der Waals surface area contributed by atoms with Gasteiger partial charge in [-0.25, -0.2) is 13.4 Å². The van der Waals surface area contributed by atoms with Crippen molar-refractivity contribution in [3.63, 3.8) is 0 Å². The zero-order chi connectivity index (χ0) is 44.7. The van der Waals surface area contributed by atoms with Gasteiger partial charge in [0.1, 0.15) is 18.0 Å². The van der Waals surface area contributed by atoms with Crippen molar-refractivity contribution in [2.75, 3.05) is 46.0 Å². The van der Waals surface area contributed by atoms with Gasteiger partial charge in [0, 0.05) is 37.9 Å². The first-order chi connectivity index (χ1) is 30.0. The lowest BCUT2D eigenvalue weighted by molar-refractivity contribution is -0.154. The number of morpholine rings is 1. The van der Waals surface area contributed by atoms with E-state index in [4.69, 9.17) is 23.9 Å². The number of amides is 2. The van der Waals surface area contributed by atoms with E-state index < -0.39 is 61.5 Å². The Hall–Kier alpha value is -4.08. The zero-order valence-electron chi connectivity index (χ0n) is 37.5. The van der Waals surface area contributed by atoms with Crippen LogP contribution in [-0.4, -0.2) is 116 Å². The van der Waals surface area contributed by atoms with Crippen molar-refractivity contribution >= 4 is 44.5 Å². The molecule has 3 aliphatic heterocycles. The van der Waals surface area contributed by atoms with Crippen LogP contribution < -0.4 is 14.2 Å². The van der Waals surface area contributed by atoms with Gasteiger partial charge in [0.15, 0.2) is 5.78 Å². The average Bonchev–Trinajstić information content (AvgIpc) is 4.21. The van der Waals surface area contributed by atoms with E-state index in [9.17, 15) is 27.6 Å². The molecule has 2 saturated heterocycles. The number of para-hydroxylation sites is 1. The van der Waals surface area contributed by atoms with Crippen LogP contribution in [0.2, 0.25) is 0 Å². The number of Topliss-reactive ketones (excluding diaryl/α,β-unsaturated/α-hetero) is 1. The highest BCUT2D eigenvalue weighted by Crippen LogP contribution is 2.57. The minimum absolute atomic E-state index is 0.0437. The second kappa shape index (κ2) is 18.1. The maximum absolute atomic E-state index is 15.0. The summed E-state index contributed by atoms with van der Waals surface area (Å²) in [5.41, 5.74) is -0.426. The molecule has 8 rings (SSSR count). The summed E-state index contributed by atoms with van der Waals surface area (Å²) in [6.45, 7) is 15.9. The molecule has 15 heteroatoms. The molecule has 0 radical (unpaired) electrons. The van der Waals surface area contributed by atoms with E-state index in [1.807, 2.05) is 45.0 Å². The number of allylic oxidation sites excluding steroid dienone is 1. The van der Waals surface area contributed by atoms with Gasteiger partial charge in [-0.3, -0.25) is 28.8 Å². The third-order valence-electron chi connectivity index (χ3n) is 14.6. The second-order valence-electron chi connectivity index (χ2n) is 20.4. The van der Waals surface area contributed by atoms with E-state index >= 15 is 0 Å². The van der Waals surface area contributed by atoms with E-state index in [0.29, 0.717) is 37.3 Å². The number of rotatable bonds is 12. The fraction of sp³-hybridized carbons (Fsp3) is 0.688. The van der Waals surface area contributed by atoms with Crippen LogP contribution >= 0.6 is 0 Å². The summed E-state index contributed by atoms with van der Waals surface area (Å²) in [5.74, 6) is -1.68. The lowest BCUT2D eigenvalue weighted by atomic mass is 9.77. The van der Waals surface area contributed by atoms with Gasteiger partial charge in [0.25, 0.3) is 0 Å². The molecule has 2 bridgehead atoms. The highest BCUT2D eigenvalue weighted by molar-refractivity contribution is 7.91. The van der Waals surface area contributed by atoms with Gasteiger partial charge in [-0.2, -0.15) is 0 Å². The molecule has 3 aliphatic carbocycles. The number of ether oxygens (including phenoxy) is 4. The van der Waals surface area contributed by atoms with Gasteiger partial charge in [-0.1, -0.05) is 51.8 Å². The van der Waals surface area contributed by atoms with Crippen molar-refractivity contribution in [3.8, 4) is 11.6 Å². The molecule has 14 nitrogen and oxygen atoms in total. The Kier molecular flexibility index (Phi) is 13.0. The maximum atomic E-state index is 15.0. The number of pyridine rings is 1. The van der Waals surface area contributed by atoms with Crippen molar-refractivity contribution in [2.45, 2.75) is 134 Å². The van der Waals surface area contributed by atoms with Gasteiger partial charge in [-0.05, 0) is 87.7 Å². The van der Waals surface area contributed by atoms with Crippen LogP contribution in [0.4, 0.5) is 0 Å². The van der Waals surface area contributed by atoms with Crippen molar-refractivity contribution in [1.29, 1.82) is 0 Å².